The molecular weight excluding hydrogens is 274 g/mol. The Balaban J connectivity index is 2.44. The Morgan fingerprint density at radius 3 is 2.57 bits per heavy atom. The number of methoxy groups -OCH3 is 1. The predicted molar refractivity (Wildman–Crippen MR) is 79.2 cm³/mol. The first-order valence-corrected chi connectivity index (χ1v) is 6.27. The maximum Gasteiger partial charge on any atom is 0.407 e. The van der Waals surface area contributed by atoms with Gasteiger partial charge in [-0.3, -0.25) is 10.2 Å². The van der Waals surface area contributed by atoms with E-state index in [9.17, 15) is 9.59 Å². The highest BCUT2D eigenvalue weighted by molar-refractivity contribution is 5.90. The molecule has 0 heterocycles. The summed E-state index contributed by atoms with van der Waals surface area (Å²) in [5.41, 5.74) is 6.30. The molecule has 0 fully saturated rings. The molecule has 0 unspecified atom stereocenters. The van der Waals surface area contributed by atoms with Gasteiger partial charge in [-0.15, -0.1) is 0 Å². The van der Waals surface area contributed by atoms with E-state index < -0.39 is 18.0 Å². The molecule has 1 rings (SSSR count). The second-order valence-electron chi connectivity index (χ2n) is 4.17. The van der Waals surface area contributed by atoms with E-state index in [2.05, 4.69) is 20.7 Å². The third-order valence-corrected chi connectivity index (χ3v) is 2.57. The minimum atomic E-state index is -0.702. The van der Waals surface area contributed by atoms with Crippen LogP contribution >= 0.6 is 0 Å². The van der Waals surface area contributed by atoms with Gasteiger partial charge < -0.3 is 26.4 Å². The minimum Gasteiger partial charge on any atom is -0.453 e. The van der Waals surface area contributed by atoms with E-state index in [-0.39, 0.29) is 18.9 Å². The normalized spacial score (nSPS) is 11.1. The van der Waals surface area contributed by atoms with Crippen LogP contribution in [0.4, 0.5) is 10.5 Å². The third kappa shape index (κ3) is 6.28. The molecule has 0 aliphatic heterocycles. The van der Waals surface area contributed by atoms with Crippen molar-refractivity contribution >= 4 is 23.5 Å². The molecule has 21 heavy (non-hydrogen) atoms. The Kier molecular flexibility index (Phi) is 6.52. The van der Waals surface area contributed by atoms with Crippen LogP contribution in [0.2, 0.25) is 0 Å². The summed E-state index contributed by atoms with van der Waals surface area (Å²) in [6.45, 7) is 0.0189. The molecule has 1 atom stereocenters. The highest BCUT2D eigenvalue weighted by atomic mass is 16.5. The highest BCUT2D eigenvalue weighted by Gasteiger charge is 2.15. The van der Waals surface area contributed by atoms with Gasteiger partial charge in [0.15, 0.2) is 0 Å². The van der Waals surface area contributed by atoms with E-state index in [1.165, 1.54) is 7.11 Å². The summed E-state index contributed by atoms with van der Waals surface area (Å²) in [5, 5.41) is 15.3. The van der Waals surface area contributed by atoms with Gasteiger partial charge in [-0.2, -0.15) is 0 Å². The Hall–Kier alpha value is -2.77. The molecule has 0 aliphatic carbocycles. The van der Waals surface area contributed by atoms with E-state index in [4.69, 9.17) is 11.1 Å². The number of benzene rings is 1. The zero-order valence-electron chi connectivity index (χ0n) is 11.7. The maximum absolute atomic E-state index is 11.6. The molecule has 0 radical (unpaired) electrons. The van der Waals surface area contributed by atoms with E-state index in [0.29, 0.717) is 0 Å². The molecule has 0 saturated heterocycles. The lowest BCUT2D eigenvalue weighted by Crippen LogP contribution is -2.50. The summed E-state index contributed by atoms with van der Waals surface area (Å²) >= 11 is 0. The Morgan fingerprint density at radius 2 is 2.00 bits per heavy atom. The number of para-hydroxylation sites is 1. The molecular formula is C13H19N5O3. The standard InChI is InChI=1S/C13H19N5O3/c1-21-13(20)17-8-11(19)18-10(12(14)15)7-16-9-5-3-2-4-6-9/h2-6,10,16H,7-8H2,1H3,(H3,14,15)(H,17,20)(H,18,19)/t10-/m0/s1. The number of nitrogens with one attached hydrogen (secondary N) is 4. The van der Waals surface area contributed by atoms with Crippen LogP contribution in [0.15, 0.2) is 30.3 Å². The fourth-order valence-electron chi connectivity index (χ4n) is 1.48. The summed E-state index contributed by atoms with van der Waals surface area (Å²) in [6, 6.07) is 8.66. The topological polar surface area (TPSA) is 129 Å². The number of alkyl carbamates (subject to hydrolysis) is 1. The quantitative estimate of drug-likeness (QED) is 0.353. The number of nitrogens with two attached hydrogens (primary N) is 1. The van der Waals surface area contributed by atoms with Gasteiger partial charge in [0.25, 0.3) is 0 Å². The van der Waals surface area contributed by atoms with Gasteiger partial charge in [-0.1, -0.05) is 18.2 Å². The van der Waals surface area contributed by atoms with Crippen molar-refractivity contribution in [3.8, 4) is 0 Å². The average molecular weight is 293 g/mol. The van der Waals surface area contributed by atoms with Crippen molar-refractivity contribution in [2.24, 2.45) is 5.73 Å². The van der Waals surface area contributed by atoms with Crippen molar-refractivity contribution in [3.63, 3.8) is 0 Å². The summed E-state index contributed by atoms with van der Waals surface area (Å²) in [6.07, 6.45) is -0.702. The SMILES string of the molecule is COC(=O)NCC(=O)N[C@@H](CNc1ccccc1)C(=N)N. The number of ether oxygens (including phenoxy) is 1. The molecule has 1 aromatic rings. The Labute approximate surface area is 122 Å². The molecule has 0 saturated carbocycles. The molecule has 0 bridgehead atoms. The Morgan fingerprint density at radius 1 is 1.33 bits per heavy atom. The number of hydrogen-bond donors (Lipinski definition) is 5. The summed E-state index contributed by atoms with van der Waals surface area (Å²) in [7, 11) is 1.20. The first kappa shape index (κ1) is 16.3. The van der Waals surface area contributed by atoms with Gasteiger partial charge >= 0.3 is 6.09 Å². The molecule has 114 valence electrons. The van der Waals surface area contributed by atoms with Gasteiger partial charge in [0, 0.05) is 12.2 Å². The van der Waals surface area contributed by atoms with E-state index in [0.717, 1.165) is 5.69 Å². The Bertz CT molecular complexity index is 492. The van der Waals surface area contributed by atoms with Crippen LogP contribution in [0.5, 0.6) is 0 Å². The third-order valence-electron chi connectivity index (χ3n) is 2.57. The van der Waals surface area contributed by atoms with Crippen LogP contribution in [-0.4, -0.2) is 44.1 Å². The molecule has 8 nitrogen and oxygen atoms in total. The summed E-state index contributed by atoms with van der Waals surface area (Å²) < 4.78 is 4.35. The van der Waals surface area contributed by atoms with E-state index in [1.807, 2.05) is 30.3 Å². The number of hydrogen-bond acceptors (Lipinski definition) is 5. The molecule has 0 spiro atoms. The number of rotatable bonds is 7. The van der Waals surface area contributed by atoms with Crippen LogP contribution in [0.25, 0.3) is 0 Å². The predicted octanol–water partition coefficient (Wildman–Crippen LogP) is -0.125. The van der Waals surface area contributed by atoms with Crippen LogP contribution in [0, 0.1) is 5.41 Å². The van der Waals surface area contributed by atoms with Gasteiger partial charge in [-0.25, -0.2) is 4.79 Å². The monoisotopic (exact) mass is 293 g/mol. The molecule has 0 aromatic heterocycles. The highest BCUT2D eigenvalue weighted by Crippen LogP contribution is 2.04. The molecule has 0 aliphatic rings. The van der Waals surface area contributed by atoms with Crippen LogP contribution < -0.4 is 21.7 Å². The molecule has 1 aromatic carbocycles. The fourth-order valence-corrected chi connectivity index (χ4v) is 1.48. The van der Waals surface area contributed by atoms with Crippen molar-refractivity contribution in [1.82, 2.24) is 10.6 Å². The van der Waals surface area contributed by atoms with Crippen molar-refractivity contribution in [1.29, 1.82) is 5.41 Å². The van der Waals surface area contributed by atoms with Crippen molar-refractivity contribution in [3.05, 3.63) is 30.3 Å². The van der Waals surface area contributed by atoms with Crippen molar-refractivity contribution < 1.29 is 14.3 Å². The van der Waals surface area contributed by atoms with Gasteiger partial charge in [-0.05, 0) is 12.1 Å². The van der Waals surface area contributed by atoms with Gasteiger partial charge in [0.05, 0.1) is 7.11 Å². The fraction of sp³-hybridized carbons (Fsp3) is 0.308. The number of anilines is 1. The smallest absolute Gasteiger partial charge is 0.407 e. The first-order valence-electron chi connectivity index (χ1n) is 6.27. The second kappa shape index (κ2) is 8.41. The van der Waals surface area contributed by atoms with Crippen LogP contribution in [0.1, 0.15) is 0 Å². The van der Waals surface area contributed by atoms with Gasteiger partial charge in [0.2, 0.25) is 5.91 Å². The zero-order chi connectivity index (χ0) is 15.7. The van der Waals surface area contributed by atoms with Crippen LogP contribution in [0.3, 0.4) is 0 Å². The number of carbonyl (C=O) groups is 2. The number of amides is 2. The lowest BCUT2D eigenvalue weighted by atomic mass is 10.2. The zero-order valence-corrected chi connectivity index (χ0v) is 11.7. The van der Waals surface area contributed by atoms with Crippen molar-refractivity contribution in [2.45, 2.75) is 6.04 Å². The first-order chi connectivity index (χ1) is 10.0. The number of carbonyl (C=O) groups excluding carboxylic acids is 2. The summed E-state index contributed by atoms with van der Waals surface area (Å²) in [4.78, 5) is 22.5. The minimum absolute atomic E-state index is 0.176. The van der Waals surface area contributed by atoms with Crippen LogP contribution in [-0.2, 0) is 9.53 Å². The van der Waals surface area contributed by atoms with Crippen molar-refractivity contribution in [2.75, 3.05) is 25.5 Å². The lowest BCUT2D eigenvalue weighted by Gasteiger charge is -2.18. The second-order valence-corrected chi connectivity index (χ2v) is 4.17. The maximum atomic E-state index is 11.6. The number of amidine groups is 1. The van der Waals surface area contributed by atoms with Gasteiger partial charge in [0.1, 0.15) is 18.4 Å². The molecule has 8 heteroatoms. The van der Waals surface area contributed by atoms with E-state index in [1.54, 1.807) is 0 Å². The largest absolute Gasteiger partial charge is 0.453 e. The molecule has 2 amide bonds. The summed E-state index contributed by atoms with van der Waals surface area (Å²) in [5.74, 6) is -0.639. The lowest BCUT2D eigenvalue weighted by molar-refractivity contribution is -0.120. The average Bonchev–Trinajstić information content (AvgIpc) is 2.49. The van der Waals surface area contributed by atoms with E-state index >= 15 is 0 Å². The molecule has 6 N–H and O–H groups in total.